The number of halogens is 5. The van der Waals surface area contributed by atoms with Gasteiger partial charge in [0.1, 0.15) is 27.3 Å². The van der Waals surface area contributed by atoms with Crippen molar-refractivity contribution in [2.45, 2.75) is 39.8 Å². The number of piperazine rings is 1. The second-order valence-electron chi connectivity index (χ2n) is 11.5. The smallest absolute Gasteiger partial charge is 0.276 e. The topological polar surface area (TPSA) is 120 Å². The van der Waals surface area contributed by atoms with Crippen LogP contribution in [0.5, 0.6) is 0 Å². The molecule has 5 rings (SSSR count). The third-order valence-electron chi connectivity index (χ3n) is 8.35. The number of nitrogens with zero attached hydrogens (tertiary/aromatic N) is 5. The fraction of sp³-hybridized carbons (Fsp3) is 0.312. The molecule has 0 saturated carbocycles. The molecule has 4 heterocycles. The zero-order chi connectivity index (χ0) is 33.8. The number of carbonyl (C=O) groups excluding carboxylic acids is 1. The van der Waals surface area contributed by atoms with E-state index in [1.165, 1.54) is 16.7 Å². The van der Waals surface area contributed by atoms with Gasteiger partial charge in [-0.1, -0.05) is 55.2 Å². The van der Waals surface area contributed by atoms with E-state index in [-0.39, 0.29) is 64.6 Å². The van der Waals surface area contributed by atoms with Crippen LogP contribution < -0.4 is 21.5 Å². The highest BCUT2D eigenvalue weighted by molar-refractivity contribution is 6.38. The van der Waals surface area contributed by atoms with Gasteiger partial charge in [-0.3, -0.25) is 14.2 Å². The average molecular weight is 689 g/mol. The zero-order valence-electron chi connectivity index (χ0n) is 25.4. The summed E-state index contributed by atoms with van der Waals surface area (Å²) in [5, 5.41) is 12.4. The molecule has 1 fully saturated rings. The molecular weight excluding hydrogens is 659 g/mol. The molecule has 2 aliphatic heterocycles. The Morgan fingerprint density at radius 3 is 2.54 bits per heavy atom. The van der Waals surface area contributed by atoms with E-state index < -0.39 is 38.5 Å². The van der Waals surface area contributed by atoms with Crippen LogP contribution in [0.4, 0.5) is 20.2 Å². The predicted molar refractivity (Wildman–Crippen MR) is 179 cm³/mol. The molecule has 9 nitrogen and oxygen atoms in total. The number of rotatable bonds is 5. The quantitative estimate of drug-likeness (QED) is 0.139. The van der Waals surface area contributed by atoms with E-state index in [1.54, 1.807) is 17.2 Å². The number of allylic oxidation sites excluding steroid dienone is 2. The van der Waals surface area contributed by atoms with E-state index in [2.05, 4.69) is 18.0 Å². The number of fused-ring (bicyclic) bond motifs is 1. The number of benzene rings is 1. The molecule has 3 aromatic rings. The predicted octanol–water partition coefficient (Wildman–Crippen LogP) is 6.35. The van der Waals surface area contributed by atoms with Crippen molar-refractivity contribution in [3.05, 3.63) is 79.2 Å². The number of carbonyl (C=O) groups is 1. The van der Waals surface area contributed by atoms with Crippen molar-refractivity contribution in [2.24, 2.45) is 5.92 Å². The Bertz CT molecular complexity index is 1950. The minimum absolute atomic E-state index is 0.0204. The molecule has 1 saturated heterocycles. The van der Waals surface area contributed by atoms with E-state index in [0.29, 0.717) is 17.6 Å². The van der Waals surface area contributed by atoms with E-state index >= 15 is 4.39 Å². The number of nitriles is 1. The zero-order valence-corrected chi connectivity index (χ0v) is 27.7. The lowest BCUT2D eigenvalue weighted by molar-refractivity contribution is -0.128. The first-order valence-electron chi connectivity index (χ1n) is 14.4. The molecule has 0 radical (unpaired) electrons. The van der Waals surface area contributed by atoms with Crippen LogP contribution in [0.3, 0.4) is 0 Å². The average Bonchev–Trinajstić information content (AvgIpc) is 3.02. The number of hydrogen-bond donors (Lipinski definition) is 2. The molecular formula is C32H30Cl3F2N7O2. The summed E-state index contributed by atoms with van der Waals surface area (Å²) in [5.74, 6) is -2.72. The fourth-order valence-corrected chi connectivity index (χ4v) is 6.76. The Morgan fingerprint density at radius 1 is 1.24 bits per heavy atom. The van der Waals surface area contributed by atoms with Crippen molar-refractivity contribution in [2.75, 3.05) is 30.3 Å². The van der Waals surface area contributed by atoms with Crippen LogP contribution in [0, 0.1) is 28.9 Å². The van der Waals surface area contributed by atoms with Crippen molar-refractivity contribution < 1.29 is 13.6 Å². The van der Waals surface area contributed by atoms with Crippen molar-refractivity contribution in [1.82, 2.24) is 19.8 Å². The molecule has 3 N–H and O–H groups in total. The van der Waals surface area contributed by atoms with Crippen molar-refractivity contribution in [3.63, 3.8) is 0 Å². The van der Waals surface area contributed by atoms with E-state index in [0.717, 1.165) is 5.57 Å². The summed E-state index contributed by atoms with van der Waals surface area (Å²) >= 11 is 18.8. The van der Waals surface area contributed by atoms with Gasteiger partial charge in [-0.25, -0.2) is 13.8 Å². The molecule has 1 amide bonds. The maximum absolute atomic E-state index is 15.6. The van der Waals surface area contributed by atoms with Crippen LogP contribution in [-0.4, -0.2) is 52.1 Å². The maximum Gasteiger partial charge on any atom is 0.276 e. The van der Waals surface area contributed by atoms with Gasteiger partial charge in [0.25, 0.3) is 5.56 Å². The summed E-state index contributed by atoms with van der Waals surface area (Å²) < 4.78 is 31.5. The van der Waals surface area contributed by atoms with Gasteiger partial charge in [-0.05, 0) is 49.8 Å². The molecule has 240 valence electrons. The summed E-state index contributed by atoms with van der Waals surface area (Å²) in [6.07, 6.45) is 4.80. The Hall–Kier alpha value is -4.11. The first kappa shape index (κ1) is 33.3. The summed E-state index contributed by atoms with van der Waals surface area (Å²) in [6, 6.07) is 2.88. The van der Waals surface area contributed by atoms with E-state index in [1.807, 2.05) is 32.6 Å². The molecule has 2 atom stereocenters. The lowest BCUT2D eigenvalue weighted by Gasteiger charge is -2.41. The summed E-state index contributed by atoms with van der Waals surface area (Å²) in [7, 11) is 0. The Labute approximate surface area is 279 Å². The summed E-state index contributed by atoms with van der Waals surface area (Å²) in [5.41, 5.74) is 5.67. The number of aromatic nitrogens is 2. The largest absolute Gasteiger partial charge is 0.397 e. The van der Waals surface area contributed by atoms with Crippen LogP contribution in [0.15, 0.2) is 41.4 Å². The molecule has 1 unspecified atom stereocenters. The van der Waals surface area contributed by atoms with Crippen molar-refractivity contribution >= 4 is 68.8 Å². The molecule has 46 heavy (non-hydrogen) atoms. The molecule has 2 aliphatic rings. The number of dihydropyridines is 1. The second kappa shape index (κ2) is 12.6. The number of pyridine rings is 2. The minimum Gasteiger partial charge on any atom is -0.397 e. The summed E-state index contributed by atoms with van der Waals surface area (Å²) in [6.45, 7) is 12.0. The highest BCUT2D eigenvalue weighted by Crippen LogP contribution is 2.44. The second-order valence-corrected chi connectivity index (χ2v) is 12.7. The Kier molecular flexibility index (Phi) is 9.10. The highest BCUT2D eigenvalue weighted by Gasteiger charge is 2.34. The maximum atomic E-state index is 15.6. The van der Waals surface area contributed by atoms with E-state index in [4.69, 9.17) is 45.5 Å². The van der Waals surface area contributed by atoms with Gasteiger partial charge < -0.3 is 20.9 Å². The number of nitrogen functional groups attached to an aromatic ring is 1. The molecule has 1 aromatic carbocycles. The van der Waals surface area contributed by atoms with Crippen molar-refractivity contribution in [1.29, 1.82) is 5.26 Å². The van der Waals surface area contributed by atoms with Crippen LogP contribution in [0.2, 0.25) is 15.1 Å². The van der Waals surface area contributed by atoms with Crippen LogP contribution in [0.1, 0.15) is 33.3 Å². The van der Waals surface area contributed by atoms with Gasteiger partial charge in [0.15, 0.2) is 11.6 Å². The van der Waals surface area contributed by atoms with Gasteiger partial charge >= 0.3 is 0 Å². The lowest BCUT2D eigenvalue weighted by atomic mass is 9.94. The minimum atomic E-state index is -1.24. The van der Waals surface area contributed by atoms with Gasteiger partial charge in [-0.15, -0.1) is 0 Å². The number of amides is 1. The Balaban J connectivity index is 1.91. The van der Waals surface area contributed by atoms with Gasteiger partial charge in [0.2, 0.25) is 5.91 Å². The van der Waals surface area contributed by atoms with E-state index in [9.17, 15) is 19.2 Å². The van der Waals surface area contributed by atoms with Crippen LogP contribution >= 0.6 is 34.8 Å². The first-order valence-corrected chi connectivity index (χ1v) is 15.5. The lowest BCUT2D eigenvalue weighted by Crippen LogP contribution is -2.54. The highest BCUT2D eigenvalue weighted by atomic mass is 35.5. The van der Waals surface area contributed by atoms with Gasteiger partial charge in [-0.2, -0.15) is 5.26 Å². The summed E-state index contributed by atoms with van der Waals surface area (Å²) in [4.78, 5) is 35.1. The number of hydrogen-bond acceptors (Lipinski definition) is 7. The monoisotopic (exact) mass is 687 g/mol. The number of anilines is 2. The normalized spacial score (nSPS) is 18.3. The third kappa shape index (κ3) is 5.28. The van der Waals surface area contributed by atoms with Crippen LogP contribution in [0.25, 0.3) is 28.0 Å². The van der Waals surface area contributed by atoms with Gasteiger partial charge in [0, 0.05) is 31.1 Å². The first-order chi connectivity index (χ1) is 21.7. The molecule has 2 aromatic heterocycles. The molecule has 0 aliphatic carbocycles. The van der Waals surface area contributed by atoms with Crippen molar-refractivity contribution in [3.8, 4) is 17.3 Å². The number of nitrogens with two attached hydrogens (primary N) is 1. The third-order valence-corrected chi connectivity index (χ3v) is 9.33. The fourth-order valence-electron chi connectivity index (χ4n) is 6.09. The SMILES string of the molecule is C=CC(=O)N1CCN(c2c(C#N)c(=O)n(C3=C(C)C=CNC3C(C)C)c3nc(-c4c(N)c(Cl)c(F)c(Cl)c4F)c(Cl)cc23)C[C@H]1C. The standard InChI is InChI=1S/C32H30Cl3F2N7O2/c1-6-20(45)43-10-9-42(13-16(43)5)30-17-11-19(33)28(21-24(36)22(34)25(37)23(35)26(21)39)41-31(17)44(32(46)18(30)12-38)29-15(4)7-8-40-27(29)14(2)3/h6-8,11,14,16,27,40H,1,9-10,13,39H2,2-5H3/t16-,27?/m1/s1. The molecule has 0 spiro atoms. The van der Waals surface area contributed by atoms with Gasteiger partial charge in [0.05, 0.1) is 39.4 Å². The Morgan fingerprint density at radius 2 is 1.93 bits per heavy atom. The molecule has 0 bridgehead atoms. The number of nitrogens with one attached hydrogen (secondary N) is 1. The molecule has 14 heteroatoms. The van der Waals surface area contributed by atoms with Crippen LogP contribution in [-0.2, 0) is 4.79 Å².